The molecule has 0 spiro atoms. The lowest BCUT2D eigenvalue weighted by Gasteiger charge is -2.20. The van der Waals surface area contributed by atoms with E-state index in [0.29, 0.717) is 10.0 Å². The van der Waals surface area contributed by atoms with Crippen molar-refractivity contribution in [1.29, 1.82) is 0 Å². The predicted octanol–water partition coefficient (Wildman–Crippen LogP) is 5.63. The Labute approximate surface area is 142 Å². The largest absolute Gasteiger partial charge is 0.310 e. The minimum absolute atomic E-state index is 0.0308. The first-order valence-electron chi connectivity index (χ1n) is 7.03. The van der Waals surface area contributed by atoms with Gasteiger partial charge in [-0.25, -0.2) is 4.39 Å². The van der Waals surface area contributed by atoms with Crippen molar-refractivity contribution >= 4 is 31.9 Å². The molecular formula is C17H18Br2FN. The normalized spacial score (nSPS) is 12.4. The Morgan fingerprint density at radius 2 is 1.90 bits per heavy atom. The Hall–Kier alpha value is -0.710. The molecule has 0 aliphatic carbocycles. The highest BCUT2D eigenvalue weighted by atomic mass is 79.9. The molecule has 0 aliphatic heterocycles. The van der Waals surface area contributed by atoms with Gasteiger partial charge in [0.2, 0.25) is 0 Å². The minimum atomic E-state index is -0.180. The summed E-state index contributed by atoms with van der Waals surface area (Å²) < 4.78 is 15.9. The third-order valence-corrected chi connectivity index (χ3v) is 4.43. The summed E-state index contributed by atoms with van der Waals surface area (Å²) in [5.41, 5.74) is 1.88. The standard InChI is InChI=1S/C17H18Br2FN/c1-2-9-21-16(11-12-5-3-6-13(18)10-12)14-7-4-8-15(19)17(14)20/h3-8,10,16,21H,2,9,11H2,1H3. The molecule has 2 rings (SSSR count). The van der Waals surface area contributed by atoms with E-state index in [4.69, 9.17) is 0 Å². The molecule has 0 heterocycles. The Morgan fingerprint density at radius 1 is 1.14 bits per heavy atom. The van der Waals surface area contributed by atoms with Crippen molar-refractivity contribution in [3.8, 4) is 0 Å². The average molecular weight is 415 g/mol. The van der Waals surface area contributed by atoms with Gasteiger partial charge in [0.15, 0.2) is 0 Å². The van der Waals surface area contributed by atoms with Gasteiger partial charge in [-0.3, -0.25) is 0 Å². The molecule has 0 fully saturated rings. The summed E-state index contributed by atoms with van der Waals surface area (Å²) in [5.74, 6) is -0.180. The minimum Gasteiger partial charge on any atom is -0.310 e. The van der Waals surface area contributed by atoms with E-state index in [1.165, 1.54) is 5.56 Å². The van der Waals surface area contributed by atoms with Crippen molar-refractivity contribution < 1.29 is 4.39 Å². The van der Waals surface area contributed by atoms with E-state index < -0.39 is 0 Å². The van der Waals surface area contributed by atoms with Gasteiger partial charge in [0.25, 0.3) is 0 Å². The first kappa shape index (κ1) is 16.7. The van der Waals surface area contributed by atoms with Crippen LogP contribution in [0.25, 0.3) is 0 Å². The third-order valence-electron chi connectivity index (χ3n) is 3.33. The first-order valence-corrected chi connectivity index (χ1v) is 8.62. The molecule has 21 heavy (non-hydrogen) atoms. The van der Waals surface area contributed by atoms with Gasteiger partial charge >= 0.3 is 0 Å². The van der Waals surface area contributed by atoms with Crippen LogP contribution in [0.5, 0.6) is 0 Å². The van der Waals surface area contributed by atoms with Gasteiger partial charge in [0.1, 0.15) is 5.82 Å². The molecule has 0 saturated carbocycles. The van der Waals surface area contributed by atoms with Gasteiger partial charge in [0.05, 0.1) is 4.47 Å². The van der Waals surface area contributed by atoms with E-state index in [1.54, 1.807) is 6.07 Å². The lowest BCUT2D eigenvalue weighted by Crippen LogP contribution is -2.25. The third kappa shape index (κ3) is 4.63. The number of hydrogen-bond acceptors (Lipinski definition) is 1. The predicted molar refractivity (Wildman–Crippen MR) is 93.0 cm³/mol. The van der Waals surface area contributed by atoms with Gasteiger partial charge in [-0.05, 0) is 59.1 Å². The molecule has 2 aromatic carbocycles. The van der Waals surface area contributed by atoms with Crippen molar-refractivity contribution in [3.05, 3.63) is 68.4 Å². The number of nitrogens with one attached hydrogen (secondary N) is 1. The van der Waals surface area contributed by atoms with E-state index in [9.17, 15) is 4.39 Å². The number of benzene rings is 2. The molecule has 4 heteroatoms. The molecule has 0 aliphatic rings. The average Bonchev–Trinajstić information content (AvgIpc) is 2.47. The second kappa shape index (κ2) is 8.06. The van der Waals surface area contributed by atoms with Crippen LogP contribution in [-0.4, -0.2) is 6.54 Å². The lowest BCUT2D eigenvalue weighted by atomic mass is 9.98. The summed E-state index contributed by atoms with van der Waals surface area (Å²) in [5, 5.41) is 3.45. The van der Waals surface area contributed by atoms with E-state index in [2.05, 4.69) is 56.2 Å². The van der Waals surface area contributed by atoms with Crippen LogP contribution in [0.4, 0.5) is 4.39 Å². The summed E-state index contributed by atoms with van der Waals surface area (Å²) in [6.45, 7) is 2.98. The Morgan fingerprint density at radius 3 is 2.62 bits per heavy atom. The van der Waals surface area contributed by atoms with Crippen molar-refractivity contribution in [1.82, 2.24) is 5.32 Å². The van der Waals surface area contributed by atoms with E-state index in [0.717, 1.165) is 23.9 Å². The molecule has 0 amide bonds. The Kier molecular flexibility index (Phi) is 6.40. The zero-order valence-electron chi connectivity index (χ0n) is 11.9. The fourth-order valence-corrected chi connectivity index (χ4v) is 3.13. The van der Waals surface area contributed by atoms with Crippen LogP contribution in [0, 0.1) is 5.82 Å². The molecule has 0 aromatic heterocycles. The molecule has 0 bridgehead atoms. The number of hydrogen-bond donors (Lipinski definition) is 1. The molecule has 1 atom stereocenters. The summed E-state index contributed by atoms with van der Waals surface area (Å²) in [4.78, 5) is 0. The highest BCUT2D eigenvalue weighted by Gasteiger charge is 2.17. The monoisotopic (exact) mass is 413 g/mol. The van der Waals surface area contributed by atoms with Crippen LogP contribution < -0.4 is 5.32 Å². The number of rotatable bonds is 6. The summed E-state index contributed by atoms with van der Waals surface area (Å²) in [6, 6.07) is 13.6. The molecule has 1 N–H and O–H groups in total. The van der Waals surface area contributed by atoms with Gasteiger partial charge in [-0.2, -0.15) is 0 Å². The SMILES string of the molecule is CCCNC(Cc1cccc(Br)c1)c1cccc(Br)c1F. The molecule has 112 valence electrons. The topological polar surface area (TPSA) is 12.0 Å². The van der Waals surface area contributed by atoms with E-state index in [-0.39, 0.29) is 11.9 Å². The van der Waals surface area contributed by atoms with Crippen LogP contribution in [-0.2, 0) is 6.42 Å². The van der Waals surface area contributed by atoms with Crippen molar-refractivity contribution in [3.63, 3.8) is 0 Å². The van der Waals surface area contributed by atoms with Crippen LogP contribution >= 0.6 is 31.9 Å². The van der Waals surface area contributed by atoms with Crippen molar-refractivity contribution in [2.45, 2.75) is 25.8 Å². The lowest BCUT2D eigenvalue weighted by molar-refractivity contribution is 0.495. The van der Waals surface area contributed by atoms with Crippen LogP contribution in [0.3, 0.4) is 0 Å². The number of halogens is 3. The maximum Gasteiger partial charge on any atom is 0.142 e. The zero-order valence-corrected chi connectivity index (χ0v) is 15.0. The molecular weight excluding hydrogens is 397 g/mol. The maximum atomic E-state index is 14.4. The second-order valence-corrected chi connectivity index (χ2v) is 6.75. The fourth-order valence-electron chi connectivity index (χ4n) is 2.30. The Bertz CT molecular complexity index is 601. The van der Waals surface area contributed by atoms with Crippen LogP contribution in [0.1, 0.15) is 30.5 Å². The van der Waals surface area contributed by atoms with E-state index in [1.807, 2.05) is 24.3 Å². The summed E-state index contributed by atoms with van der Waals surface area (Å²) >= 11 is 6.75. The van der Waals surface area contributed by atoms with Gasteiger partial charge in [0, 0.05) is 16.1 Å². The summed E-state index contributed by atoms with van der Waals surface area (Å²) in [6.07, 6.45) is 1.78. The fraction of sp³-hybridized carbons (Fsp3) is 0.294. The van der Waals surface area contributed by atoms with Crippen LogP contribution in [0.2, 0.25) is 0 Å². The van der Waals surface area contributed by atoms with Crippen LogP contribution in [0.15, 0.2) is 51.4 Å². The second-order valence-electron chi connectivity index (χ2n) is 4.98. The van der Waals surface area contributed by atoms with Gasteiger partial charge in [-0.15, -0.1) is 0 Å². The van der Waals surface area contributed by atoms with Gasteiger partial charge < -0.3 is 5.32 Å². The quantitative estimate of drug-likeness (QED) is 0.645. The molecule has 1 nitrogen and oxygen atoms in total. The first-order chi connectivity index (χ1) is 10.1. The molecule has 0 saturated heterocycles. The smallest absolute Gasteiger partial charge is 0.142 e. The maximum absolute atomic E-state index is 14.4. The van der Waals surface area contributed by atoms with Gasteiger partial charge in [-0.1, -0.05) is 47.1 Å². The highest BCUT2D eigenvalue weighted by Crippen LogP contribution is 2.27. The highest BCUT2D eigenvalue weighted by molar-refractivity contribution is 9.10. The Balaban J connectivity index is 2.27. The van der Waals surface area contributed by atoms with E-state index >= 15 is 0 Å². The molecule has 2 aromatic rings. The molecule has 0 radical (unpaired) electrons. The zero-order chi connectivity index (χ0) is 15.2. The summed E-state index contributed by atoms with van der Waals surface area (Å²) in [7, 11) is 0. The molecule has 1 unspecified atom stereocenters. The van der Waals surface area contributed by atoms with Crippen molar-refractivity contribution in [2.75, 3.05) is 6.54 Å². The van der Waals surface area contributed by atoms with Crippen molar-refractivity contribution in [2.24, 2.45) is 0 Å².